The third-order valence-corrected chi connectivity index (χ3v) is 4.67. The molecule has 1 rings (SSSR count). The first kappa shape index (κ1) is 15.3. The Morgan fingerprint density at radius 3 is 2.56 bits per heavy atom. The van der Waals surface area contributed by atoms with Gasteiger partial charge in [0.05, 0.1) is 5.37 Å². The van der Waals surface area contributed by atoms with E-state index in [4.69, 9.17) is 0 Å². The number of carboxylic acids is 1. The molecule has 1 fully saturated rings. The number of rotatable bonds is 6. The average Bonchev–Trinajstić information content (AvgIpc) is 2.72. The maximum Gasteiger partial charge on any atom is 0.327 e. The van der Waals surface area contributed by atoms with Crippen LogP contribution in [0.1, 0.15) is 46.5 Å². The summed E-state index contributed by atoms with van der Waals surface area (Å²) in [5.41, 5.74) is 0. The van der Waals surface area contributed by atoms with Gasteiger partial charge in [-0.3, -0.25) is 4.79 Å². The zero-order chi connectivity index (χ0) is 13.7. The second kappa shape index (κ2) is 7.02. The summed E-state index contributed by atoms with van der Waals surface area (Å²) in [6, 6.07) is -0.640. The van der Waals surface area contributed by atoms with Gasteiger partial charge in [-0.2, -0.15) is 0 Å². The molecule has 1 N–H and O–H groups in total. The van der Waals surface area contributed by atoms with E-state index in [2.05, 4.69) is 6.92 Å². The van der Waals surface area contributed by atoms with Crippen molar-refractivity contribution < 1.29 is 14.7 Å². The van der Waals surface area contributed by atoms with Crippen LogP contribution in [-0.4, -0.2) is 39.1 Å². The number of carbonyl (C=O) groups is 2. The van der Waals surface area contributed by atoms with Crippen LogP contribution >= 0.6 is 11.8 Å². The van der Waals surface area contributed by atoms with E-state index < -0.39 is 12.0 Å². The van der Waals surface area contributed by atoms with Gasteiger partial charge in [-0.25, -0.2) is 4.79 Å². The van der Waals surface area contributed by atoms with E-state index in [9.17, 15) is 14.7 Å². The van der Waals surface area contributed by atoms with Crippen molar-refractivity contribution in [2.45, 2.75) is 57.9 Å². The summed E-state index contributed by atoms with van der Waals surface area (Å²) in [6.07, 6.45) is 3.62. The maximum atomic E-state index is 12.4. The van der Waals surface area contributed by atoms with E-state index in [0.717, 1.165) is 25.7 Å². The number of aliphatic carboxylic acids is 1. The normalized spacial score (nSPS) is 25.2. The van der Waals surface area contributed by atoms with Crippen molar-refractivity contribution in [2.75, 3.05) is 5.75 Å². The molecule has 0 aromatic heterocycles. The van der Waals surface area contributed by atoms with Crippen molar-refractivity contribution in [2.24, 2.45) is 5.92 Å². The first-order chi connectivity index (χ1) is 8.52. The lowest BCUT2D eigenvalue weighted by atomic mass is 10.0. The highest BCUT2D eigenvalue weighted by molar-refractivity contribution is 8.00. The van der Waals surface area contributed by atoms with Gasteiger partial charge < -0.3 is 10.0 Å². The number of nitrogens with zero attached hydrogens (tertiary/aromatic N) is 1. The lowest BCUT2D eigenvalue weighted by Crippen LogP contribution is -2.47. The molecule has 1 aliphatic heterocycles. The van der Waals surface area contributed by atoms with Crippen molar-refractivity contribution >= 4 is 23.6 Å². The molecule has 4 nitrogen and oxygen atoms in total. The van der Waals surface area contributed by atoms with Gasteiger partial charge in [0.15, 0.2) is 0 Å². The summed E-state index contributed by atoms with van der Waals surface area (Å²) in [7, 11) is 0. The molecule has 0 aromatic carbocycles. The Labute approximate surface area is 113 Å². The van der Waals surface area contributed by atoms with Crippen molar-refractivity contribution in [3.8, 4) is 0 Å². The van der Waals surface area contributed by atoms with Crippen LogP contribution in [-0.2, 0) is 9.59 Å². The lowest BCUT2D eigenvalue weighted by Gasteiger charge is -2.29. The summed E-state index contributed by atoms with van der Waals surface area (Å²) >= 11 is 1.60. The topological polar surface area (TPSA) is 57.6 Å². The number of carboxylic acid groups (broad SMARTS) is 1. The van der Waals surface area contributed by atoms with Gasteiger partial charge in [0, 0.05) is 11.7 Å². The average molecular weight is 273 g/mol. The number of amides is 1. The first-order valence-electron chi connectivity index (χ1n) is 6.69. The van der Waals surface area contributed by atoms with E-state index in [-0.39, 0.29) is 17.2 Å². The van der Waals surface area contributed by atoms with Crippen LogP contribution in [0.5, 0.6) is 0 Å². The molecular weight excluding hydrogens is 250 g/mol. The van der Waals surface area contributed by atoms with Gasteiger partial charge in [0.2, 0.25) is 5.91 Å². The number of hydrogen-bond acceptors (Lipinski definition) is 3. The predicted octanol–water partition coefficient (Wildman–Crippen LogP) is 2.58. The number of carbonyl (C=O) groups excluding carboxylic acids is 1. The molecule has 104 valence electrons. The molecule has 0 saturated carbocycles. The van der Waals surface area contributed by atoms with Crippen LogP contribution in [0, 0.1) is 5.92 Å². The fourth-order valence-corrected chi connectivity index (χ4v) is 3.85. The summed E-state index contributed by atoms with van der Waals surface area (Å²) in [4.78, 5) is 25.2. The molecule has 3 unspecified atom stereocenters. The molecule has 5 heteroatoms. The van der Waals surface area contributed by atoms with E-state index in [1.165, 1.54) is 0 Å². The second-order valence-corrected chi connectivity index (χ2v) is 6.08. The minimum atomic E-state index is -0.877. The van der Waals surface area contributed by atoms with Crippen molar-refractivity contribution in [1.82, 2.24) is 4.90 Å². The van der Waals surface area contributed by atoms with Gasteiger partial charge >= 0.3 is 5.97 Å². The maximum absolute atomic E-state index is 12.4. The molecule has 0 bridgehead atoms. The smallest absolute Gasteiger partial charge is 0.327 e. The molecule has 18 heavy (non-hydrogen) atoms. The third kappa shape index (κ3) is 3.40. The molecular formula is C13H23NO3S. The predicted molar refractivity (Wildman–Crippen MR) is 73.5 cm³/mol. The van der Waals surface area contributed by atoms with Crippen LogP contribution in [0.25, 0.3) is 0 Å². The summed E-state index contributed by atoms with van der Waals surface area (Å²) in [5, 5.41) is 9.27. The SMILES string of the molecule is CCCC(C)C(=O)N1C(CCC)SCC1C(=O)O. The molecule has 1 aliphatic rings. The second-order valence-electron chi connectivity index (χ2n) is 4.87. The zero-order valence-corrected chi connectivity index (χ0v) is 12.2. The van der Waals surface area contributed by atoms with Crippen molar-refractivity contribution in [1.29, 1.82) is 0 Å². The van der Waals surface area contributed by atoms with Crippen LogP contribution < -0.4 is 0 Å². The van der Waals surface area contributed by atoms with E-state index in [1.54, 1.807) is 16.7 Å². The Morgan fingerprint density at radius 2 is 2.06 bits per heavy atom. The molecule has 1 amide bonds. The van der Waals surface area contributed by atoms with Crippen LogP contribution in [0.4, 0.5) is 0 Å². The molecule has 0 spiro atoms. The highest BCUT2D eigenvalue weighted by Crippen LogP contribution is 2.33. The van der Waals surface area contributed by atoms with Crippen LogP contribution in [0.2, 0.25) is 0 Å². The largest absolute Gasteiger partial charge is 0.480 e. The highest BCUT2D eigenvalue weighted by atomic mass is 32.2. The molecule has 0 aromatic rings. The Balaban J connectivity index is 2.81. The summed E-state index contributed by atoms with van der Waals surface area (Å²) < 4.78 is 0. The molecule has 0 radical (unpaired) electrons. The van der Waals surface area contributed by atoms with Gasteiger partial charge in [-0.1, -0.05) is 33.6 Å². The number of hydrogen-bond donors (Lipinski definition) is 1. The quantitative estimate of drug-likeness (QED) is 0.808. The Hall–Kier alpha value is -0.710. The summed E-state index contributed by atoms with van der Waals surface area (Å²) in [5.74, 6) is -0.425. The monoisotopic (exact) mass is 273 g/mol. The first-order valence-corrected chi connectivity index (χ1v) is 7.74. The molecule has 0 aliphatic carbocycles. The van der Waals surface area contributed by atoms with E-state index in [0.29, 0.717) is 5.75 Å². The molecule has 1 heterocycles. The van der Waals surface area contributed by atoms with Gasteiger partial charge in [0.25, 0.3) is 0 Å². The fourth-order valence-electron chi connectivity index (χ4n) is 2.33. The van der Waals surface area contributed by atoms with Crippen LogP contribution in [0.3, 0.4) is 0 Å². The molecule has 1 saturated heterocycles. The van der Waals surface area contributed by atoms with Crippen molar-refractivity contribution in [3.63, 3.8) is 0 Å². The fraction of sp³-hybridized carbons (Fsp3) is 0.846. The molecule has 3 atom stereocenters. The van der Waals surface area contributed by atoms with Gasteiger partial charge in [0.1, 0.15) is 6.04 Å². The Bertz CT molecular complexity index is 309. The standard InChI is InChI=1S/C13H23NO3S/c1-4-6-9(3)12(15)14-10(13(16)17)8-18-11(14)7-5-2/h9-11H,4-8H2,1-3H3,(H,16,17). The van der Waals surface area contributed by atoms with Gasteiger partial charge in [-0.15, -0.1) is 11.8 Å². The van der Waals surface area contributed by atoms with Crippen molar-refractivity contribution in [3.05, 3.63) is 0 Å². The lowest BCUT2D eigenvalue weighted by molar-refractivity contribution is -0.150. The zero-order valence-electron chi connectivity index (χ0n) is 11.4. The summed E-state index contributed by atoms with van der Waals surface area (Å²) in [6.45, 7) is 6.00. The van der Waals surface area contributed by atoms with E-state index in [1.807, 2.05) is 13.8 Å². The van der Waals surface area contributed by atoms with Gasteiger partial charge in [-0.05, 0) is 12.8 Å². The minimum absolute atomic E-state index is 0.00713. The Morgan fingerprint density at radius 1 is 1.39 bits per heavy atom. The van der Waals surface area contributed by atoms with Crippen LogP contribution in [0.15, 0.2) is 0 Å². The minimum Gasteiger partial charge on any atom is -0.480 e. The number of thioether (sulfide) groups is 1. The Kier molecular flexibility index (Phi) is 5.99. The third-order valence-electron chi connectivity index (χ3n) is 3.31. The van der Waals surface area contributed by atoms with E-state index >= 15 is 0 Å². The highest BCUT2D eigenvalue weighted by Gasteiger charge is 2.42.